The lowest BCUT2D eigenvalue weighted by Crippen LogP contribution is -2.02. The molecule has 6 heteroatoms. The SMILES string of the molecule is Cc1cc(Cl)c(COc2ccc3c(CC(=O)O)csc3c2)c(C)n1. The molecule has 0 aliphatic rings. The van der Waals surface area contributed by atoms with E-state index in [1.54, 1.807) is 0 Å². The van der Waals surface area contributed by atoms with Crippen molar-refractivity contribution in [2.24, 2.45) is 0 Å². The molecule has 0 unspecified atom stereocenters. The zero-order chi connectivity index (χ0) is 17.3. The van der Waals surface area contributed by atoms with Crippen LogP contribution in [0.3, 0.4) is 0 Å². The van der Waals surface area contributed by atoms with Crippen molar-refractivity contribution in [2.75, 3.05) is 0 Å². The number of hydrogen-bond donors (Lipinski definition) is 1. The number of carboxylic acids is 1. The van der Waals surface area contributed by atoms with E-state index >= 15 is 0 Å². The molecule has 0 aliphatic carbocycles. The number of carboxylic acid groups (broad SMARTS) is 1. The summed E-state index contributed by atoms with van der Waals surface area (Å²) in [5, 5.41) is 12.4. The predicted octanol–water partition coefficient (Wildman–Crippen LogP) is 4.77. The van der Waals surface area contributed by atoms with Crippen LogP contribution < -0.4 is 4.74 Å². The van der Waals surface area contributed by atoms with E-state index in [0.29, 0.717) is 11.6 Å². The zero-order valence-electron chi connectivity index (χ0n) is 13.3. The van der Waals surface area contributed by atoms with Crippen molar-refractivity contribution in [3.8, 4) is 5.75 Å². The second-order valence-corrected chi connectivity index (χ2v) is 6.91. The van der Waals surface area contributed by atoms with Crippen LogP contribution in [0.1, 0.15) is 22.5 Å². The molecule has 24 heavy (non-hydrogen) atoms. The Balaban J connectivity index is 1.80. The summed E-state index contributed by atoms with van der Waals surface area (Å²) >= 11 is 7.79. The lowest BCUT2D eigenvalue weighted by atomic mass is 10.1. The molecule has 1 aromatic carbocycles. The third-order valence-electron chi connectivity index (χ3n) is 3.76. The minimum Gasteiger partial charge on any atom is -0.489 e. The molecule has 0 atom stereocenters. The quantitative estimate of drug-likeness (QED) is 0.710. The van der Waals surface area contributed by atoms with Gasteiger partial charge in [0.05, 0.1) is 11.4 Å². The number of rotatable bonds is 5. The summed E-state index contributed by atoms with van der Waals surface area (Å²) in [7, 11) is 0. The monoisotopic (exact) mass is 361 g/mol. The maximum atomic E-state index is 10.9. The molecule has 0 bridgehead atoms. The maximum absolute atomic E-state index is 10.9. The van der Waals surface area contributed by atoms with Gasteiger partial charge in [-0.05, 0) is 54.4 Å². The average Bonchev–Trinajstić information content (AvgIpc) is 2.88. The third kappa shape index (κ3) is 3.52. The lowest BCUT2D eigenvalue weighted by molar-refractivity contribution is -0.136. The molecule has 0 aliphatic heterocycles. The lowest BCUT2D eigenvalue weighted by Gasteiger charge is -2.11. The summed E-state index contributed by atoms with van der Waals surface area (Å²) in [4.78, 5) is 15.3. The normalized spacial score (nSPS) is 11.0. The second kappa shape index (κ2) is 6.79. The number of halogens is 1. The van der Waals surface area contributed by atoms with Crippen LogP contribution in [0.4, 0.5) is 0 Å². The van der Waals surface area contributed by atoms with Crippen LogP contribution in [0.15, 0.2) is 29.6 Å². The van der Waals surface area contributed by atoms with Gasteiger partial charge in [0.15, 0.2) is 0 Å². The highest BCUT2D eigenvalue weighted by atomic mass is 35.5. The molecule has 0 saturated heterocycles. The van der Waals surface area contributed by atoms with E-state index in [-0.39, 0.29) is 6.42 Å². The van der Waals surface area contributed by atoms with E-state index < -0.39 is 5.97 Å². The first-order valence-corrected chi connectivity index (χ1v) is 8.67. The number of carbonyl (C=O) groups is 1. The van der Waals surface area contributed by atoms with Crippen LogP contribution in [0.2, 0.25) is 5.02 Å². The fourth-order valence-corrected chi connectivity index (χ4v) is 3.93. The molecule has 0 saturated carbocycles. The molecule has 0 spiro atoms. The Morgan fingerprint density at radius 3 is 2.83 bits per heavy atom. The van der Waals surface area contributed by atoms with Crippen LogP contribution in [0.25, 0.3) is 10.1 Å². The van der Waals surface area contributed by atoms with E-state index in [9.17, 15) is 4.79 Å². The molecule has 4 nitrogen and oxygen atoms in total. The van der Waals surface area contributed by atoms with E-state index in [0.717, 1.165) is 38.4 Å². The number of aliphatic carboxylic acids is 1. The fraction of sp³-hybridized carbons (Fsp3) is 0.222. The largest absolute Gasteiger partial charge is 0.489 e. The number of aryl methyl sites for hydroxylation is 2. The van der Waals surface area contributed by atoms with Crippen molar-refractivity contribution in [1.82, 2.24) is 4.98 Å². The van der Waals surface area contributed by atoms with Gasteiger partial charge in [0, 0.05) is 21.7 Å². The van der Waals surface area contributed by atoms with Gasteiger partial charge in [-0.1, -0.05) is 11.6 Å². The average molecular weight is 362 g/mol. The molecular formula is C18H16ClNO3S. The fourth-order valence-electron chi connectivity index (χ4n) is 2.59. The Morgan fingerprint density at radius 1 is 1.33 bits per heavy atom. The van der Waals surface area contributed by atoms with Crippen LogP contribution in [0.5, 0.6) is 5.75 Å². The number of ether oxygens (including phenoxy) is 1. The smallest absolute Gasteiger partial charge is 0.307 e. The van der Waals surface area contributed by atoms with E-state index in [1.807, 2.05) is 43.5 Å². The van der Waals surface area contributed by atoms with E-state index in [2.05, 4.69) is 4.98 Å². The van der Waals surface area contributed by atoms with E-state index in [4.69, 9.17) is 21.4 Å². The summed E-state index contributed by atoms with van der Waals surface area (Å²) in [5.74, 6) is -0.103. The molecular weight excluding hydrogens is 346 g/mol. The van der Waals surface area contributed by atoms with Gasteiger partial charge in [-0.3, -0.25) is 9.78 Å². The summed E-state index contributed by atoms with van der Waals surface area (Å²) < 4.78 is 6.87. The van der Waals surface area contributed by atoms with Crippen LogP contribution in [-0.2, 0) is 17.8 Å². The van der Waals surface area contributed by atoms with Gasteiger partial charge < -0.3 is 9.84 Å². The molecule has 124 valence electrons. The first-order valence-electron chi connectivity index (χ1n) is 7.41. The zero-order valence-corrected chi connectivity index (χ0v) is 14.9. The molecule has 0 radical (unpaired) electrons. The number of nitrogens with zero attached hydrogens (tertiary/aromatic N) is 1. The van der Waals surface area contributed by atoms with Crippen molar-refractivity contribution < 1.29 is 14.6 Å². The molecule has 2 aromatic heterocycles. The third-order valence-corrected chi connectivity index (χ3v) is 5.09. The summed E-state index contributed by atoms with van der Waals surface area (Å²) in [6, 6.07) is 7.51. The van der Waals surface area contributed by atoms with Crippen molar-refractivity contribution in [3.63, 3.8) is 0 Å². The molecule has 0 fully saturated rings. The van der Waals surface area contributed by atoms with Crippen molar-refractivity contribution in [3.05, 3.63) is 57.2 Å². The Morgan fingerprint density at radius 2 is 2.12 bits per heavy atom. The van der Waals surface area contributed by atoms with Crippen LogP contribution >= 0.6 is 22.9 Å². The Labute approximate surface area is 148 Å². The topological polar surface area (TPSA) is 59.4 Å². The van der Waals surface area contributed by atoms with Gasteiger partial charge >= 0.3 is 5.97 Å². The van der Waals surface area contributed by atoms with Crippen molar-refractivity contribution >= 4 is 39.0 Å². The first-order chi connectivity index (χ1) is 11.4. The summed E-state index contributed by atoms with van der Waals surface area (Å²) in [6.45, 7) is 4.16. The van der Waals surface area contributed by atoms with Gasteiger partial charge in [0.25, 0.3) is 0 Å². The molecule has 3 aromatic rings. The minimum absolute atomic E-state index is 0.0318. The maximum Gasteiger partial charge on any atom is 0.307 e. The number of benzene rings is 1. The Kier molecular flexibility index (Phi) is 4.73. The predicted molar refractivity (Wildman–Crippen MR) is 96.2 cm³/mol. The van der Waals surface area contributed by atoms with Gasteiger partial charge in [-0.15, -0.1) is 11.3 Å². The highest BCUT2D eigenvalue weighted by Gasteiger charge is 2.11. The van der Waals surface area contributed by atoms with Gasteiger partial charge in [0.2, 0.25) is 0 Å². The molecule has 0 amide bonds. The Hall–Kier alpha value is -2.11. The van der Waals surface area contributed by atoms with Crippen molar-refractivity contribution in [2.45, 2.75) is 26.9 Å². The number of thiophene rings is 1. The molecule has 3 rings (SSSR count). The summed E-state index contributed by atoms with van der Waals surface area (Å²) in [6.07, 6.45) is 0.0318. The number of fused-ring (bicyclic) bond motifs is 1. The summed E-state index contributed by atoms with van der Waals surface area (Å²) in [5.41, 5.74) is 3.45. The minimum atomic E-state index is -0.827. The standard InChI is InChI=1S/C18H16ClNO3S/c1-10-5-16(19)15(11(2)20-10)8-23-13-3-4-14-12(6-18(21)22)9-24-17(14)7-13/h3-5,7,9H,6,8H2,1-2H3,(H,21,22). The second-order valence-electron chi connectivity index (χ2n) is 5.59. The molecule has 1 N–H and O–H groups in total. The van der Waals surface area contributed by atoms with Crippen LogP contribution in [-0.4, -0.2) is 16.1 Å². The van der Waals surface area contributed by atoms with Gasteiger partial charge in [-0.25, -0.2) is 0 Å². The van der Waals surface area contributed by atoms with Gasteiger partial charge in [-0.2, -0.15) is 0 Å². The van der Waals surface area contributed by atoms with Crippen LogP contribution in [0, 0.1) is 13.8 Å². The Bertz CT molecular complexity index is 897. The highest BCUT2D eigenvalue weighted by molar-refractivity contribution is 7.17. The number of pyridine rings is 1. The highest BCUT2D eigenvalue weighted by Crippen LogP contribution is 2.31. The van der Waals surface area contributed by atoms with Crippen molar-refractivity contribution in [1.29, 1.82) is 0 Å². The van der Waals surface area contributed by atoms with Gasteiger partial charge in [0.1, 0.15) is 12.4 Å². The molecule has 2 heterocycles. The number of hydrogen-bond acceptors (Lipinski definition) is 4. The first kappa shape index (κ1) is 16.7. The number of aromatic nitrogens is 1. The van der Waals surface area contributed by atoms with E-state index in [1.165, 1.54) is 11.3 Å².